The smallest absolute Gasteiger partial charge is 0.226 e. The van der Waals surface area contributed by atoms with Crippen LogP contribution in [0.5, 0.6) is 0 Å². The number of benzene rings is 1. The summed E-state index contributed by atoms with van der Waals surface area (Å²) in [5.74, 6) is -0.491. The van der Waals surface area contributed by atoms with Crippen LogP contribution in [0.15, 0.2) is 24.3 Å². The van der Waals surface area contributed by atoms with Crippen LogP contribution in [0.4, 0.5) is 0 Å². The van der Waals surface area contributed by atoms with Crippen LogP contribution >= 0.6 is 0 Å². The van der Waals surface area contributed by atoms with E-state index in [9.17, 15) is 9.59 Å². The van der Waals surface area contributed by atoms with Gasteiger partial charge in [0.1, 0.15) is 0 Å². The van der Waals surface area contributed by atoms with Crippen molar-refractivity contribution >= 4 is 11.8 Å². The Balaban J connectivity index is 0.00000103. The third-order valence-electron chi connectivity index (χ3n) is 2.47. The first-order valence-corrected chi connectivity index (χ1v) is 5.79. The molecule has 1 fully saturated rings. The van der Waals surface area contributed by atoms with Gasteiger partial charge in [0, 0.05) is 39.1 Å². The minimum absolute atomic E-state index is 0. The molecule has 1 radical (unpaired) electrons. The summed E-state index contributed by atoms with van der Waals surface area (Å²) >= 11 is 0. The fourth-order valence-electron chi connectivity index (χ4n) is 1.59. The first-order chi connectivity index (χ1) is 8.75. The fraction of sp³-hybridized carbons (Fsp3) is 0.385. The van der Waals surface area contributed by atoms with E-state index in [1.807, 2.05) is 24.3 Å². The van der Waals surface area contributed by atoms with E-state index in [0.29, 0.717) is 19.4 Å². The van der Waals surface area contributed by atoms with E-state index in [1.165, 1.54) is 7.05 Å². The van der Waals surface area contributed by atoms with Gasteiger partial charge in [-0.2, -0.15) is 35.9 Å². The molecule has 0 aliphatic carbocycles. The van der Waals surface area contributed by atoms with Crippen molar-refractivity contribution in [3.05, 3.63) is 41.2 Å². The van der Waals surface area contributed by atoms with Crippen molar-refractivity contribution < 1.29 is 42.3 Å². The molecule has 3 N–H and O–H groups in total. The van der Waals surface area contributed by atoms with Gasteiger partial charge >= 0.3 is 0 Å². The van der Waals surface area contributed by atoms with Crippen molar-refractivity contribution in [2.24, 2.45) is 5.73 Å². The maximum atomic E-state index is 11.4. The van der Waals surface area contributed by atoms with Gasteiger partial charge in [0.25, 0.3) is 0 Å². The summed E-state index contributed by atoms with van der Waals surface area (Å²) in [5, 5.41) is 6.56. The monoisotopic (exact) mass is 336 g/mol. The third-order valence-corrected chi connectivity index (χ3v) is 2.47. The Morgan fingerprint density at radius 1 is 1.42 bits per heavy atom. The Morgan fingerprint density at radius 2 is 2.16 bits per heavy atom. The average molecular weight is 336 g/mol. The first-order valence-electron chi connectivity index (χ1n) is 5.79. The van der Waals surface area contributed by atoms with E-state index in [0.717, 1.165) is 5.56 Å². The van der Waals surface area contributed by atoms with Crippen molar-refractivity contribution in [3.8, 4) is 0 Å². The van der Waals surface area contributed by atoms with Crippen molar-refractivity contribution in [1.82, 2.24) is 5.32 Å². The average Bonchev–Trinajstić information content (AvgIpc) is 2.41. The molecule has 5 nitrogen and oxygen atoms in total. The fourth-order valence-corrected chi connectivity index (χ4v) is 1.59. The first kappa shape index (κ1) is 18.4. The summed E-state index contributed by atoms with van der Waals surface area (Å²) in [7, 11) is 1.50. The predicted octanol–water partition coefficient (Wildman–Crippen LogP) is 0.738. The van der Waals surface area contributed by atoms with Crippen LogP contribution in [0.25, 0.3) is 5.32 Å². The molecule has 19 heavy (non-hydrogen) atoms. The maximum Gasteiger partial charge on any atom is 0.226 e. The van der Waals surface area contributed by atoms with Gasteiger partial charge in [-0.1, -0.05) is 12.5 Å². The Kier molecular flexibility index (Phi) is 9.87. The Labute approximate surface area is 138 Å². The number of carbonyl (C=O) groups is 2. The number of carbonyl (C=O) groups excluding carboxylic acids is 2. The molecule has 0 bridgehead atoms. The van der Waals surface area contributed by atoms with Crippen LogP contribution in [0.1, 0.15) is 18.4 Å². The van der Waals surface area contributed by atoms with Crippen molar-refractivity contribution in [3.63, 3.8) is 0 Å². The number of hydrogen-bond donors (Lipinski definition) is 2. The summed E-state index contributed by atoms with van der Waals surface area (Å²) in [5.41, 5.74) is 5.45. The van der Waals surface area contributed by atoms with Gasteiger partial charge in [-0.25, -0.2) is 0 Å². The summed E-state index contributed by atoms with van der Waals surface area (Å²) < 4.78 is 0. The van der Waals surface area contributed by atoms with Gasteiger partial charge in [-0.15, -0.1) is 6.54 Å². The second-order valence-electron chi connectivity index (χ2n) is 3.70. The van der Waals surface area contributed by atoms with E-state index in [4.69, 9.17) is 0 Å². The number of rotatable bonds is 3. The number of piperidine rings is 1. The Hall–Kier alpha value is -0.616. The molecule has 1 unspecified atom stereocenters. The van der Waals surface area contributed by atoms with Gasteiger partial charge in [-0.3, -0.25) is 14.9 Å². The zero-order valence-electron chi connectivity index (χ0n) is 10.9. The molecule has 1 aliphatic rings. The zero-order chi connectivity index (χ0) is 13.4. The van der Waals surface area contributed by atoms with E-state index >= 15 is 0 Å². The molecule has 1 aromatic carbocycles. The number of nitrogens with zero attached hydrogens (tertiary/aromatic N) is 1. The largest absolute Gasteiger partial charge is 0.650 e. The minimum atomic E-state index is -0.397. The zero-order valence-corrected chi connectivity index (χ0v) is 13.8. The van der Waals surface area contributed by atoms with Crippen LogP contribution in [-0.2, 0) is 48.8 Å². The molecular weight excluding hydrogens is 319 g/mol. The molecule has 2 rings (SSSR count). The molecule has 1 aromatic rings. The SMILES string of the molecule is CN.O=C1CCC([N-]Cc2[c-]cccc2)C(=O)N1.[Y]. The summed E-state index contributed by atoms with van der Waals surface area (Å²) in [6, 6.07) is 10.2. The molecule has 0 saturated carbocycles. The third kappa shape index (κ3) is 6.39. The molecule has 101 valence electrons. The van der Waals surface area contributed by atoms with Gasteiger partial charge in [0.15, 0.2) is 0 Å². The molecule has 0 aromatic heterocycles. The second kappa shape index (κ2) is 10.2. The van der Waals surface area contributed by atoms with Gasteiger partial charge < -0.3 is 11.1 Å². The molecule has 2 amide bonds. The second-order valence-corrected chi connectivity index (χ2v) is 3.70. The summed E-state index contributed by atoms with van der Waals surface area (Å²) in [4.78, 5) is 22.3. The van der Waals surface area contributed by atoms with E-state index in [-0.39, 0.29) is 44.5 Å². The number of nitrogens with two attached hydrogens (primary N) is 1. The predicted molar refractivity (Wildman–Crippen MR) is 68.6 cm³/mol. The van der Waals surface area contributed by atoms with Crippen LogP contribution in [0, 0.1) is 6.07 Å². The van der Waals surface area contributed by atoms with Crippen LogP contribution < -0.4 is 11.1 Å². The molecule has 1 saturated heterocycles. The Morgan fingerprint density at radius 3 is 2.74 bits per heavy atom. The minimum Gasteiger partial charge on any atom is -0.650 e. The number of imide groups is 1. The molecule has 6 heteroatoms. The van der Waals surface area contributed by atoms with Gasteiger partial charge in [0.05, 0.1) is 0 Å². The molecule has 1 heterocycles. The van der Waals surface area contributed by atoms with Gasteiger partial charge in [0.2, 0.25) is 11.8 Å². The van der Waals surface area contributed by atoms with E-state index in [2.05, 4.69) is 22.4 Å². The van der Waals surface area contributed by atoms with Crippen molar-refractivity contribution in [2.75, 3.05) is 7.05 Å². The number of hydrogen-bond acceptors (Lipinski definition) is 3. The quantitative estimate of drug-likeness (QED) is 0.630. The Bertz CT molecular complexity index is 398. The van der Waals surface area contributed by atoms with Gasteiger partial charge in [-0.05, 0) is 7.05 Å². The standard InChI is InChI=1S/C12H12N2O2.CH5N.Y/c15-11-7-6-10(12(16)14-11)13-8-9-4-2-1-3-5-9;1-2;/h1-4,10H,6-8H2,(H,14,15,16);2H2,1H3;/q-2;;. The van der Waals surface area contributed by atoms with Crippen LogP contribution in [-0.4, -0.2) is 24.9 Å². The summed E-state index contributed by atoms with van der Waals surface area (Å²) in [6.07, 6.45) is 0.885. The molecular formula is C13H17N3O2Y-2. The van der Waals surface area contributed by atoms with Crippen molar-refractivity contribution in [1.29, 1.82) is 0 Å². The maximum absolute atomic E-state index is 11.4. The number of nitrogens with one attached hydrogen (secondary N) is 1. The molecule has 0 spiro atoms. The van der Waals surface area contributed by atoms with Crippen LogP contribution in [0.3, 0.4) is 0 Å². The number of amides is 2. The molecule has 1 atom stereocenters. The topological polar surface area (TPSA) is 86.3 Å². The summed E-state index contributed by atoms with van der Waals surface area (Å²) in [6.45, 7) is 0.465. The molecule has 1 aliphatic heterocycles. The van der Waals surface area contributed by atoms with E-state index < -0.39 is 6.04 Å². The van der Waals surface area contributed by atoms with Crippen molar-refractivity contribution in [2.45, 2.75) is 25.4 Å². The van der Waals surface area contributed by atoms with Crippen LogP contribution in [0.2, 0.25) is 0 Å². The van der Waals surface area contributed by atoms with E-state index in [1.54, 1.807) is 0 Å². The normalized spacial score (nSPS) is 17.7.